The van der Waals surface area contributed by atoms with E-state index in [1.807, 2.05) is 6.92 Å². The molecule has 0 heterocycles. The summed E-state index contributed by atoms with van der Waals surface area (Å²) in [5.41, 5.74) is 0.139. The largest absolute Gasteiger partial charge is 0.383 e. The zero-order valence-corrected chi connectivity index (χ0v) is 9.59. The van der Waals surface area contributed by atoms with Gasteiger partial charge < -0.3 is 10.1 Å². The Morgan fingerprint density at radius 1 is 1.31 bits per heavy atom. The van der Waals surface area contributed by atoms with Crippen molar-refractivity contribution >= 4 is 0 Å². The molecule has 0 fully saturated rings. The fourth-order valence-corrected chi connectivity index (χ4v) is 1.52. The van der Waals surface area contributed by atoms with Gasteiger partial charge in [0, 0.05) is 18.7 Å². The fraction of sp³-hybridized carbons (Fsp3) is 0.500. The number of nitrogens with one attached hydrogen (secondary N) is 1. The lowest BCUT2D eigenvalue weighted by Gasteiger charge is -2.12. The van der Waals surface area contributed by atoms with Gasteiger partial charge in [-0.05, 0) is 32.0 Å². The topological polar surface area (TPSA) is 21.3 Å². The lowest BCUT2D eigenvalue weighted by Crippen LogP contribution is -2.32. The molecule has 0 aromatic heterocycles. The van der Waals surface area contributed by atoms with Crippen LogP contribution in [0.25, 0.3) is 0 Å². The molecular formula is C12H17F2NO. The van der Waals surface area contributed by atoms with Gasteiger partial charge in [-0.25, -0.2) is 8.78 Å². The molecule has 0 saturated heterocycles. The Kier molecular flexibility index (Phi) is 5.35. The highest BCUT2D eigenvalue weighted by Gasteiger charge is 2.08. The monoisotopic (exact) mass is 229 g/mol. The summed E-state index contributed by atoms with van der Waals surface area (Å²) in [4.78, 5) is 0. The number of hydrogen-bond donors (Lipinski definition) is 1. The number of halogens is 2. The van der Waals surface area contributed by atoms with Crippen LogP contribution in [0.2, 0.25) is 0 Å². The molecule has 0 aliphatic carbocycles. The molecule has 0 radical (unpaired) electrons. The summed E-state index contributed by atoms with van der Waals surface area (Å²) in [5, 5.41) is 3.13. The average molecular weight is 229 g/mol. The first-order valence-corrected chi connectivity index (χ1v) is 5.30. The molecule has 90 valence electrons. The minimum absolute atomic E-state index is 0.139. The first-order chi connectivity index (χ1) is 7.65. The summed E-state index contributed by atoms with van der Waals surface area (Å²) in [7, 11) is 1.62. The minimum Gasteiger partial charge on any atom is -0.383 e. The van der Waals surface area contributed by atoms with Gasteiger partial charge in [0.05, 0.1) is 6.61 Å². The molecule has 0 aliphatic heterocycles. The fourth-order valence-electron chi connectivity index (χ4n) is 1.52. The van der Waals surface area contributed by atoms with Crippen LogP contribution < -0.4 is 5.32 Å². The van der Waals surface area contributed by atoms with Crippen LogP contribution in [0.4, 0.5) is 8.78 Å². The van der Waals surface area contributed by atoms with Crippen molar-refractivity contribution in [2.45, 2.75) is 19.4 Å². The molecule has 1 unspecified atom stereocenters. The maximum atomic E-state index is 13.2. The minimum atomic E-state index is -0.485. The van der Waals surface area contributed by atoms with Crippen molar-refractivity contribution in [1.82, 2.24) is 5.32 Å². The van der Waals surface area contributed by atoms with Gasteiger partial charge >= 0.3 is 0 Å². The maximum Gasteiger partial charge on any atom is 0.129 e. The zero-order valence-electron chi connectivity index (χ0n) is 9.59. The Labute approximate surface area is 94.6 Å². The molecule has 2 nitrogen and oxygen atoms in total. The van der Waals surface area contributed by atoms with E-state index in [-0.39, 0.29) is 11.6 Å². The van der Waals surface area contributed by atoms with E-state index >= 15 is 0 Å². The second kappa shape index (κ2) is 6.55. The van der Waals surface area contributed by atoms with Crippen molar-refractivity contribution in [2.75, 3.05) is 20.3 Å². The summed E-state index contributed by atoms with van der Waals surface area (Å²) < 4.78 is 31.4. The first kappa shape index (κ1) is 13.1. The van der Waals surface area contributed by atoms with E-state index in [1.165, 1.54) is 18.2 Å². The van der Waals surface area contributed by atoms with Crippen LogP contribution >= 0.6 is 0 Å². The van der Waals surface area contributed by atoms with Crippen molar-refractivity contribution in [3.63, 3.8) is 0 Å². The second-order valence-electron chi connectivity index (χ2n) is 3.76. The number of hydrogen-bond acceptors (Lipinski definition) is 2. The second-order valence-corrected chi connectivity index (χ2v) is 3.76. The van der Waals surface area contributed by atoms with Crippen molar-refractivity contribution in [3.05, 3.63) is 35.4 Å². The van der Waals surface area contributed by atoms with E-state index in [2.05, 4.69) is 5.32 Å². The molecule has 1 atom stereocenters. The van der Waals surface area contributed by atoms with Gasteiger partial charge in [-0.3, -0.25) is 0 Å². The molecule has 0 aliphatic rings. The summed E-state index contributed by atoms with van der Waals surface area (Å²) >= 11 is 0. The van der Waals surface area contributed by atoms with Gasteiger partial charge in [0.25, 0.3) is 0 Å². The predicted molar refractivity (Wildman–Crippen MR) is 59.4 cm³/mol. The van der Waals surface area contributed by atoms with Crippen LogP contribution in [-0.2, 0) is 11.2 Å². The standard InChI is InChI=1S/C12H17F2NO/c1-9(8-16-2)15-7-6-10-11(13)4-3-5-12(10)14/h3-5,9,15H,6-8H2,1-2H3. The molecule has 0 amide bonds. The summed E-state index contributed by atoms with van der Waals surface area (Å²) in [5.74, 6) is -0.970. The van der Waals surface area contributed by atoms with Crippen molar-refractivity contribution in [1.29, 1.82) is 0 Å². The molecular weight excluding hydrogens is 212 g/mol. The smallest absolute Gasteiger partial charge is 0.129 e. The SMILES string of the molecule is COCC(C)NCCc1c(F)cccc1F. The molecule has 0 bridgehead atoms. The molecule has 1 rings (SSSR count). The highest BCUT2D eigenvalue weighted by atomic mass is 19.1. The zero-order chi connectivity index (χ0) is 12.0. The Morgan fingerprint density at radius 2 is 1.94 bits per heavy atom. The molecule has 1 aromatic carbocycles. The number of rotatable bonds is 6. The molecule has 0 saturated carbocycles. The number of ether oxygens (including phenoxy) is 1. The normalized spacial score (nSPS) is 12.8. The summed E-state index contributed by atoms with van der Waals surface area (Å²) in [6.07, 6.45) is 0.340. The van der Waals surface area contributed by atoms with E-state index in [0.29, 0.717) is 19.6 Å². The predicted octanol–water partition coefficient (Wildman–Crippen LogP) is 2.13. The molecule has 1 aromatic rings. The summed E-state index contributed by atoms with van der Waals surface area (Å²) in [6, 6.07) is 4.10. The van der Waals surface area contributed by atoms with Crippen molar-refractivity contribution in [3.8, 4) is 0 Å². The molecule has 0 spiro atoms. The quantitative estimate of drug-likeness (QED) is 0.807. The number of methoxy groups -OCH3 is 1. The van der Waals surface area contributed by atoms with E-state index in [9.17, 15) is 8.78 Å². The lowest BCUT2D eigenvalue weighted by molar-refractivity contribution is 0.172. The van der Waals surface area contributed by atoms with Gasteiger partial charge in [-0.1, -0.05) is 6.07 Å². The third kappa shape index (κ3) is 3.87. The Morgan fingerprint density at radius 3 is 2.50 bits per heavy atom. The Bertz CT molecular complexity index is 311. The van der Waals surface area contributed by atoms with E-state index < -0.39 is 11.6 Å². The van der Waals surface area contributed by atoms with Crippen molar-refractivity contribution in [2.24, 2.45) is 0 Å². The third-order valence-corrected chi connectivity index (χ3v) is 2.35. The average Bonchev–Trinajstić information content (AvgIpc) is 2.23. The summed E-state index contributed by atoms with van der Waals surface area (Å²) in [6.45, 7) is 3.07. The van der Waals surface area contributed by atoms with E-state index in [4.69, 9.17) is 4.74 Å². The van der Waals surface area contributed by atoms with Crippen molar-refractivity contribution < 1.29 is 13.5 Å². The molecule has 1 N–H and O–H groups in total. The van der Waals surface area contributed by atoms with Crippen LogP contribution in [0, 0.1) is 11.6 Å². The number of benzene rings is 1. The van der Waals surface area contributed by atoms with Crippen LogP contribution in [-0.4, -0.2) is 26.3 Å². The highest BCUT2D eigenvalue weighted by molar-refractivity contribution is 5.19. The Hall–Kier alpha value is -1.00. The Balaban J connectivity index is 2.43. The first-order valence-electron chi connectivity index (χ1n) is 5.30. The van der Waals surface area contributed by atoms with E-state index in [1.54, 1.807) is 7.11 Å². The van der Waals surface area contributed by atoms with Gasteiger partial charge in [0.1, 0.15) is 11.6 Å². The molecule has 16 heavy (non-hydrogen) atoms. The van der Waals surface area contributed by atoms with Crippen LogP contribution in [0.5, 0.6) is 0 Å². The van der Waals surface area contributed by atoms with Gasteiger partial charge in [-0.15, -0.1) is 0 Å². The van der Waals surface area contributed by atoms with Crippen LogP contribution in [0.1, 0.15) is 12.5 Å². The third-order valence-electron chi connectivity index (χ3n) is 2.35. The van der Waals surface area contributed by atoms with Crippen LogP contribution in [0.15, 0.2) is 18.2 Å². The maximum absolute atomic E-state index is 13.2. The van der Waals surface area contributed by atoms with E-state index in [0.717, 1.165) is 0 Å². The van der Waals surface area contributed by atoms with Crippen LogP contribution in [0.3, 0.4) is 0 Å². The van der Waals surface area contributed by atoms with Gasteiger partial charge in [0.2, 0.25) is 0 Å². The highest BCUT2D eigenvalue weighted by Crippen LogP contribution is 2.11. The lowest BCUT2D eigenvalue weighted by atomic mass is 10.1. The van der Waals surface area contributed by atoms with Gasteiger partial charge in [0.15, 0.2) is 0 Å². The van der Waals surface area contributed by atoms with Gasteiger partial charge in [-0.2, -0.15) is 0 Å². The molecule has 4 heteroatoms.